The first kappa shape index (κ1) is 27.2. The lowest BCUT2D eigenvalue weighted by atomic mass is 9.77. The van der Waals surface area contributed by atoms with Crippen LogP contribution >= 0.6 is 0 Å². The molecule has 0 N–H and O–H groups in total. The van der Waals surface area contributed by atoms with Crippen LogP contribution in [0.3, 0.4) is 0 Å². The molecule has 0 saturated heterocycles. The molecule has 0 atom stereocenters. The predicted molar refractivity (Wildman–Crippen MR) is 153 cm³/mol. The van der Waals surface area contributed by atoms with Crippen LogP contribution in [0.1, 0.15) is 138 Å². The molecular formula is C35H46. The van der Waals surface area contributed by atoms with Crippen molar-refractivity contribution >= 4 is 0 Å². The molecule has 0 unspecified atom stereocenters. The van der Waals surface area contributed by atoms with E-state index in [1.165, 1.54) is 95.5 Å². The Morgan fingerprint density at radius 2 is 1.09 bits per heavy atom. The lowest BCUT2D eigenvalue weighted by molar-refractivity contribution is 0.302. The van der Waals surface area contributed by atoms with Crippen molar-refractivity contribution in [3.63, 3.8) is 0 Å². The van der Waals surface area contributed by atoms with Crippen LogP contribution in [-0.2, 0) is 0 Å². The van der Waals surface area contributed by atoms with Crippen molar-refractivity contribution in [1.82, 2.24) is 0 Å². The average Bonchev–Trinajstić information content (AvgIpc) is 2.91. The molecule has 3 rings (SSSR count). The Hall–Kier alpha value is -2.44. The first-order valence-electron chi connectivity index (χ1n) is 14.5. The second kappa shape index (κ2) is 16.3. The van der Waals surface area contributed by atoms with Gasteiger partial charge in [-0.25, -0.2) is 0 Å². The molecule has 0 bridgehead atoms. The maximum atomic E-state index is 3.34. The summed E-state index contributed by atoms with van der Waals surface area (Å²) in [6, 6.07) is 17.4. The minimum Gasteiger partial charge on any atom is -0.0979 e. The van der Waals surface area contributed by atoms with E-state index < -0.39 is 0 Å². The van der Waals surface area contributed by atoms with Gasteiger partial charge >= 0.3 is 0 Å². The predicted octanol–water partition coefficient (Wildman–Crippen LogP) is 10.0. The molecule has 2 aromatic carbocycles. The number of rotatable bonds is 11. The SMILES string of the molecule is CCCCCCC#Cc1ccc(C#Cc2ccc([C@H]3CC[C@H](CCCCCCC)CC3)cc2)cc1. The van der Waals surface area contributed by atoms with Crippen LogP contribution in [0.4, 0.5) is 0 Å². The molecule has 0 heterocycles. The monoisotopic (exact) mass is 466 g/mol. The van der Waals surface area contributed by atoms with Gasteiger partial charge in [-0.2, -0.15) is 0 Å². The summed E-state index contributed by atoms with van der Waals surface area (Å²) in [5.74, 6) is 15.0. The van der Waals surface area contributed by atoms with Crippen molar-refractivity contribution in [3.05, 3.63) is 70.8 Å². The van der Waals surface area contributed by atoms with Gasteiger partial charge in [-0.05, 0) is 85.9 Å². The molecule has 1 aliphatic carbocycles. The summed E-state index contributed by atoms with van der Waals surface area (Å²) in [6.07, 6.45) is 20.2. The highest BCUT2D eigenvalue weighted by atomic mass is 14.3. The highest BCUT2D eigenvalue weighted by molar-refractivity contribution is 5.46. The molecule has 2 aromatic rings. The molecule has 35 heavy (non-hydrogen) atoms. The number of benzene rings is 2. The van der Waals surface area contributed by atoms with Crippen LogP contribution in [0.5, 0.6) is 0 Å². The van der Waals surface area contributed by atoms with Crippen molar-refractivity contribution in [3.8, 4) is 23.7 Å². The molecule has 1 saturated carbocycles. The molecule has 0 amide bonds. The fourth-order valence-corrected chi connectivity index (χ4v) is 5.25. The Bertz CT molecular complexity index is 947. The molecule has 186 valence electrons. The topological polar surface area (TPSA) is 0 Å². The molecule has 1 aliphatic rings. The second-order valence-corrected chi connectivity index (χ2v) is 10.5. The smallest absolute Gasteiger partial charge is 0.0249 e. The van der Waals surface area contributed by atoms with Crippen molar-refractivity contribution in [2.24, 2.45) is 5.92 Å². The van der Waals surface area contributed by atoms with Gasteiger partial charge in [0.2, 0.25) is 0 Å². The van der Waals surface area contributed by atoms with Crippen LogP contribution in [0.25, 0.3) is 0 Å². The van der Waals surface area contributed by atoms with E-state index in [-0.39, 0.29) is 0 Å². The third kappa shape index (κ3) is 10.4. The molecule has 0 spiro atoms. The zero-order valence-electron chi connectivity index (χ0n) is 22.4. The third-order valence-electron chi connectivity index (χ3n) is 7.57. The first-order chi connectivity index (χ1) is 17.3. The number of hydrogen-bond acceptors (Lipinski definition) is 0. The largest absolute Gasteiger partial charge is 0.0979 e. The van der Waals surface area contributed by atoms with Gasteiger partial charge in [-0.15, -0.1) is 0 Å². The fraction of sp³-hybridized carbons (Fsp3) is 0.543. The zero-order chi connectivity index (χ0) is 24.6. The lowest BCUT2D eigenvalue weighted by Crippen LogP contribution is -2.13. The Morgan fingerprint density at radius 1 is 0.571 bits per heavy atom. The summed E-state index contributed by atoms with van der Waals surface area (Å²) in [5, 5.41) is 0. The lowest BCUT2D eigenvalue weighted by Gasteiger charge is -2.29. The molecule has 0 aromatic heterocycles. The van der Waals surface area contributed by atoms with Crippen LogP contribution in [0.2, 0.25) is 0 Å². The van der Waals surface area contributed by atoms with Crippen LogP contribution in [0.15, 0.2) is 48.5 Å². The van der Waals surface area contributed by atoms with Gasteiger partial charge in [0.05, 0.1) is 0 Å². The maximum absolute atomic E-state index is 3.34. The number of hydrogen-bond donors (Lipinski definition) is 0. The molecule has 1 fully saturated rings. The second-order valence-electron chi connectivity index (χ2n) is 10.5. The molecule has 0 nitrogen and oxygen atoms in total. The zero-order valence-corrected chi connectivity index (χ0v) is 22.4. The van der Waals surface area contributed by atoms with Crippen LogP contribution < -0.4 is 0 Å². The van der Waals surface area contributed by atoms with Gasteiger partial charge in [0.25, 0.3) is 0 Å². The van der Waals surface area contributed by atoms with Gasteiger partial charge < -0.3 is 0 Å². The molecule has 0 heteroatoms. The van der Waals surface area contributed by atoms with E-state index in [2.05, 4.69) is 86.1 Å². The summed E-state index contributed by atoms with van der Waals surface area (Å²) in [6.45, 7) is 4.54. The molecule has 0 radical (unpaired) electrons. The minimum absolute atomic E-state index is 0.744. The van der Waals surface area contributed by atoms with Gasteiger partial charge in [0, 0.05) is 23.1 Å². The van der Waals surface area contributed by atoms with Crippen LogP contribution in [0, 0.1) is 29.6 Å². The van der Waals surface area contributed by atoms with Crippen molar-refractivity contribution < 1.29 is 0 Å². The Labute approximate surface area is 216 Å². The van der Waals surface area contributed by atoms with E-state index in [4.69, 9.17) is 0 Å². The van der Waals surface area contributed by atoms with Gasteiger partial charge in [0.15, 0.2) is 0 Å². The maximum Gasteiger partial charge on any atom is 0.0249 e. The van der Waals surface area contributed by atoms with E-state index in [0.717, 1.165) is 34.9 Å². The molecule has 0 aliphatic heterocycles. The van der Waals surface area contributed by atoms with Crippen molar-refractivity contribution in [2.45, 2.75) is 116 Å². The minimum atomic E-state index is 0.744. The summed E-state index contributed by atoms with van der Waals surface area (Å²) < 4.78 is 0. The summed E-state index contributed by atoms with van der Waals surface area (Å²) >= 11 is 0. The van der Waals surface area contributed by atoms with Gasteiger partial charge in [-0.3, -0.25) is 0 Å². The third-order valence-corrected chi connectivity index (χ3v) is 7.57. The van der Waals surface area contributed by atoms with Crippen LogP contribution in [-0.4, -0.2) is 0 Å². The van der Waals surface area contributed by atoms with E-state index >= 15 is 0 Å². The van der Waals surface area contributed by atoms with Gasteiger partial charge in [0.1, 0.15) is 0 Å². The standard InChI is InChI=1S/C35H46/c1-3-5-7-9-11-13-14-30-16-18-32(19-17-30)20-21-33-24-28-35(29-25-33)34-26-22-31(23-27-34)15-12-10-8-6-4-2/h16-19,24-25,28-29,31,34H,3-12,15,22-23,26-27H2,1-2H3/t31-,34-. The van der Waals surface area contributed by atoms with E-state index in [9.17, 15) is 0 Å². The normalized spacial score (nSPS) is 17.2. The van der Waals surface area contributed by atoms with Crippen molar-refractivity contribution in [2.75, 3.05) is 0 Å². The quantitative estimate of drug-likeness (QED) is 0.228. The van der Waals surface area contributed by atoms with E-state index in [0.29, 0.717) is 0 Å². The highest BCUT2D eigenvalue weighted by Crippen LogP contribution is 2.37. The Morgan fingerprint density at radius 3 is 1.69 bits per heavy atom. The Balaban J connectivity index is 1.42. The fourth-order valence-electron chi connectivity index (χ4n) is 5.25. The average molecular weight is 467 g/mol. The van der Waals surface area contributed by atoms with Gasteiger partial charge in [-0.1, -0.05) is 107 Å². The number of unbranched alkanes of at least 4 members (excludes halogenated alkanes) is 8. The first-order valence-corrected chi connectivity index (χ1v) is 14.5. The van der Waals surface area contributed by atoms with E-state index in [1.807, 2.05) is 0 Å². The highest BCUT2D eigenvalue weighted by Gasteiger charge is 2.21. The summed E-state index contributed by atoms with van der Waals surface area (Å²) in [4.78, 5) is 0. The summed E-state index contributed by atoms with van der Waals surface area (Å²) in [5.41, 5.74) is 4.75. The molecular weight excluding hydrogens is 420 g/mol. The van der Waals surface area contributed by atoms with Crippen molar-refractivity contribution in [1.29, 1.82) is 0 Å². The summed E-state index contributed by atoms with van der Waals surface area (Å²) in [7, 11) is 0. The van der Waals surface area contributed by atoms with E-state index in [1.54, 1.807) is 0 Å². The Kier molecular flexibility index (Phi) is 12.6.